The third-order valence-corrected chi connectivity index (χ3v) is 4.08. The quantitative estimate of drug-likeness (QED) is 0.674. The predicted octanol–water partition coefficient (Wildman–Crippen LogP) is 2.14. The number of nitro benzene ring substituents is 1. The minimum Gasteiger partial charge on any atom is -0.299 e. The number of nitrogens with one attached hydrogen (secondary N) is 1. The zero-order chi connectivity index (χ0) is 18.3. The molecule has 2 aliphatic rings. The van der Waals surface area contributed by atoms with E-state index >= 15 is 0 Å². The molecule has 2 aromatic carbocycles. The van der Waals surface area contributed by atoms with Crippen molar-refractivity contribution in [3.8, 4) is 0 Å². The van der Waals surface area contributed by atoms with E-state index in [0.717, 1.165) is 0 Å². The molecule has 0 saturated heterocycles. The Hall–Kier alpha value is -3.75. The molecule has 0 fully saturated rings. The van der Waals surface area contributed by atoms with Gasteiger partial charge in [-0.3, -0.25) is 30.1 Å². The minimum atomic E-state index is -0.778. The number of hydrogen-bond acceptors (Lipinski definition) is 6. The van der Waals surface area contributed by atoms with Crippen LogP contribution in [0.4, 0.5) is 15.8 Å². The Kier molecular flexibility index (Phi) is 3.61. The Balaban J connectivity index is 1.64. The summed E-state index contributed by atoms with van der Waals surface area (Å²) in [5.74, 6) is -0.288. The van der Waals surface area contributed by atoms with Gasteiger partial charge in [0.1, 0.15) is 5.82 Å². The number of carbonyl (C=O) groups is 1. The number of nitro groups is 1. The maximum absolute atomic E-state index is 13.1. The van der Waals surface area contributed by atoms with Crippen molar-refractivity contribution in [3.63, 3.8) is 0 Å². The molecule has 2 aromatic rings. The predicted molar refractivity (Wildman–Crippen MR) is 91.4 cm³/mol. The molecule has 1 unspecified atom stereocenters. The number of benzene rings is 2. The first-order valence-electron chi connectivity index (χ1n) is 7.68. The fourth-order valence-corrected chi connectivity index (χ4v) is 2.83. The summed E-state index contributed by atoms with van der Waals surface area (Å²) in [5, 5.41) is 15.1. The Labute approximate surface area is 147 Å². The summed E-state index contributed by atoms with van der Waals surface area (Å²) in [5.41, 5.74) is 3.72. The van der Waals surface area contributed by atoms with Crippen molar-refractivity contribution in [1.82, 2.24) is 10.3 Å². The molecule has 1 atom stereocenters. The van der Waals surface area contributed by atoms with Crippen LogP contribution in [0.2, 0.25) is 0 Å². The molecule has 0 aliphatic carbocycles. The molecule has 4 rings (SSSR count). The van der Waals surface area contributed by atoms with E-state index in [-0.39, 0.29) is 17.4 Å². The van der Waals surface area contributed by atoms with Crippen molar-refractivity contribution in [2.24, 2.45) is 5.10 Å². The lowest BCUT2D eigenvalue weighted by Gasteiger charge is -2.32. The number of hydrogen-bond donors (Lipinski definition) is 1. The largest absolute Gasteiger partial charge is 0.299 e. The number of anilines is 1. The highest BCUT2D eigenvalue weighted by atomic mass is 19.1. The summed E-state index contributed by atoms with van der Waals surface area (Å²) in [6.07, 6.45) is 2.42. The average molecular weight is 353 g/mol. The molecule has 0 radical (unpaired) electrons. The summed E-state index contributed by atoms with van der Waals surface area (Å²) in [6, 6.07) is 11.6. The molecule has 0 spiro atoms. The highest BCUT2D eigenvalue weighted by Crippen LogP contribution is 2.25. The molecule has 2 aliphatic heterocycles. The Morgan fingerprint density at radius 2 is 1.92 bits per heavy atom. The minimum absolute atomic E-state index is 0.0612. The molecule has 1 amide bonds. The normalized spacial score (nSPS) is 18.4. The van der Waals surface area contributed by atoms with Crippen LogP contribution in [0.5, 0.6) is 0 Å². The van der Waals surface area contributed by atoms with Crippen LogP contribution < -0.4 is 10.3 Å². The molecule has 0 aromatic heterocycles. The number of fused-ring (bicyclic) bond motifs is 1. The highest BCUT2D eigenvalue weighted by Gasteiger charge is 2.38. The maximum atomic E-state index is 13.1. The summed E-state index contributed by atoms with van der Waals surface area (Å²) >= 11 is 0. The van der Waals surface area contributed by atoms with Crippen molar-refractivity contribution in [3.05, 3.63) is 82.4 Å². The van der Waals surface area contributed by atoms with Crippen molar-refractivity contribution < 1.29 is 14.1 Å². The van der Waals surface area contributed by atoms with Crippen molar-refractivity contribution >= 4 is 23.1 Å². The lowest BCUT2D eigenvalue weighted by atomic mass is 10.1. The Morgan fingerprint density at radius 3 is 2.65 bits per heavy atom. The van der Waals surface area contributed by atoms with Crippen LogP contribution in [0.3, 0.4) is 0 Å². The van der Waals surface area contributed by atoms with Gasteiger partial charge < -0.3 is 0 Å². The van der Waals surface area contributed by atoms with Gasteiger partial charge in [-0.25, -0.2) is 4.39 Å². The third-order valence-electron chi connectivity index (χ3n) is 4.08. The SMILES string of the molecule is O=C1C2NN=C(c3cccc([N+](=O)[O-])c3)N2C=CN1c1ccc(F)cc1. The van der Waals surface area contributed by atoms with Crippen molar-refractivity contribution in [2.75, 3.05) is 4.90 Å². The number of nitrogens with zero attached hydrogens (tertiary/aromatic N) is 4. The topological polar surface area (TPSA) is 91.1 Å². The zero-order valence-corrected chi connectivity index (χ0v) is 13.2. The molecule has 9 heteroatoms. The van der Waals surface area contributed by atoms with E-state index in [1.54, 1.807) is 29.4 Å². The monoisotopic (exact) mass is 353 g/mol. The molecule has 130 valence electrons. The van der Waals surface area contributed by atoms with Gasteiger partial charge in [0.25, 0.3) is 11.6 Å². The number of non-ortho nitro benzene ring substituents is 1. The summed E-state index contributed by atoms with van der Waals surface area (Å²) in [4.78, 5) is 26.2. The third kappa shape index (κ3) is 2.55. The first kappa shape index (κ1) is 15.8. The van der Waals surface area contributed by atoms with Crippen molar-refractivity contribution in [2.45, 2.75) is 6.17 Å². The highest BCUT2D eigenvalue weighted by molar-refractivity contribution is 6.08. The summed E-state index contributed by atoms with van der Waals surface area (Å²) < 4.78 is 13.1. The van der Waals surface area contributed by atoms with E-state index < -0.39 is 11.1 Å². The first-order chi connectivity index (χ1) is 12.5. The lowest BCUT2D eigenvalue weighted by Crippen LogP contribution is -2.52. The van der Waals surface area contributed by atoms with Gasteiger partial charge in [-0.2, -0.15) is 5.10 Å². The van der Waals surface area contributed by atoms with Gasteiger partial charge in [0, 0.05) is 35.8 Å². The fourth-order valence-electron chi connectivity index (χ4n) is 2.83. The molecule has 2 heterocycles. The molecule has 0 saturated carbocycles. The van der Waals surface area contributed by atoms with Gasteiger partial charge in [-0.15, -0.1) is 0 Å². The van der Waals surface area contributed by atoms with Gasteiger partial charge in [-0.05, 0) is 24.3 Å². The molecule has 8 nitrogen and oxygen atoms in total. The molecule has 1 N–H and O–H groups in total. The number of amides is 1. The molecular weight excluding hydrogens is 341 g/mol. The van der Waals surface area contributed by atoms with Gasteiger partial charge in [-0.1, -0.05) is 12.1 Å². The van der Waals surface area contributed by atoms with E-state index in [0.29, 0.717) is 17.1 Å². The number of rotatable bonds is 3. The van der Waals surface area contributed by atoms with Crippen LogP contribution in [0.1, 0.15) is 5.56 Å². The number of hydrazone groups is 1. The second-order valence-electron chi connectivity index (χ2n) is 5.66. The van der Waals surface area contributed by atoms with E-state index in [1.165, 1.54) is 41.3 Å². The van der Waals surface area contributed by atoms with Crippen LogP contribution in [-0.2, 0) is 4.79 Å². The van der Waals surface area contributed by atoms with Gasteiger partial charge in [0.15, 0.2) is 5.84 Å². The second kappa shape index (κ2) is 5.96. The average Bonchev–Trinajstić information content (AvgIpc) is 3.08. The lowest BCUT2D eigenvalue weighted by molar-refractivity contribution is -0.384. The van der Waals surface area contributed by atoms with Crippen molar-refractivity contribution in [1.29, 1.82) is 0 Å². The molecule has 26 heavy (non-hydrogen) atoms. The number of carbonyl (C=O) groups excluding carboxylic acids is 1. The van der Waals surface area contributed by atoms with Crippen LogP contribution in [0.15, 0.2) is 66.0 Å². The molecular formula is C17H12FN5O3. The van der Waals surface area contributed by atoms with Crippen LogP contribution in [-0.4, -0.2) is 27.7 Å². The molecule has 0 bridgehead atoms. The van der Waals surface area contributed by atoms with Crippen LogP contribution in [0, 0.1) is 15.9 Å². The summed E-state index contributed by atoms with van der Waals surface area (Å²) in [7, 11) is 0. The fraction of sp³-hybridized carbons (Fsp3) is 0.0588. The van der Waals surface area contributed by atoms with Gasteiger partial charge in [0.05, 0.1) is 4.92 Å². The van der Waals surface area contributed by atoms with Crippen LogP contribution >= 0.6 is 0 Å². The van der Waals surface area contributed by atoms with E-state index in [9.17, 15) is 19.3 Å². The summed E-state index contributed by atoms with van der Waals surface area (Å²) in [6.45, 7) is 0. The first-order valence-corrected chi connectivity index (χ1v) is 7.68. The zero-order valence-electron chi connectivity index (χ0n) is 13.2. The number of amidine groups is 1. The van der Waals surface area contributed by atoms with E-state index in [4.69, 9.17) is 0 Å². The maximum Gasteiger partial charge on any atom is 0.276 e. The standard InChI is InChI=1S/C17H12FN5O3/c18-12-4-6-13(7-5-12)21-8-9-22-15(19-20-16(22)17(21)24)11-2-1-3-14(10-11)23(25)26/h1-10,16,20H. The van der Waals surface area contributed by atoms with Crippen LogP contribution in [0.25, 0.3) is 0 Å². The Bertz CT molecular complexity index is 957. The smallest absolute Gasteiger partial charge is 0.276 e. The second-order valence-corrected chi connectivity index (χ2v) is 5.66. The Morgan fingerprint density at radius 1 is 1.15 bits per heavy atom. The van der Waals surface area contributed by atoms with Gasteiger partial charge in [0.2, 0.25) is 6.17 Å². The van der Waals surface area contributed by atoms with E-state index in [2.05, 4.69) is 10.5 Å². The van der Waals surface area contributed by atoms with Gasteiger partial charge >= 0.3 is 0 Å². The van der Waals surface area contributed by atoms with E-state index in [1.807, 2.05) is 0 Å². The number of halogens is 1.